The van der Waals surface area contributed by atoms with Gasteiger partial charge in [-0.15, -0.1) is 11.3 Å². The summed E-state index contributed by atoms with van der Waals surface area (Å²) >= 11 is 7.86. The van der Waals surface area contributed by atoms with Gasteiger partial charge in [0.2, 0.25) is 0 Å². The number of hydrogen-bond donors (Lipinski definition) is 2. The maximum atomic E-state index is 14.1. The lowest BCUT2D eigenvalue weighted by Gasteiger charge is -2.41. The molecule has 5 atom stereocenters. The van der Waals surface area contributed by atoms with Gasteiger partial charge in [0.05, 0.1) is 11.8 Å². The molecule has 10 nitrogen and oxygen atoms in total. The van der Waals surface area contributed by atoms with E-state index in [-0.39, 0.29) is 29.7 Å². The van der Waals surface area contributed by atoms with E-state index in [1.165, 1.54) is 33.8 Å². The molecule has 0 radical (unpaired) electrons. The maximum Gasteiger partial charge on any atom is 0.333 e. The van der Waals surface area contributed by atoms with E-state index in [1.807, 2.05) is 11.8 Å². The third-order valence-electron chi connectivity index (χ3n) is 8.24. The van der Waals surface area contributed by atoms with Crippen molar-refractivity contribution in [3.8, 4) is 0 Å². The van der Waals surface area contributed by atoms with Crippen LogP contribution in [-0.4, -0.2) is 74.1 Å². The summed E-state index contributed by atoms with van der Waals surface area (Å²) in [6.45, 7) is 0.987. The molecule has 3 aromatic rings. The smallest absolute Gasteiger partial charge is 0.333 e. The van der Waals surface area contributed by atoms with Crippen LogP contribution < -0.4 is 4.72 Å². The summed E-state index contributed by atoms with van der Waals surface area (Å²) in [5, 5.41) is 16.9. The van der Waals surface area contributed by atoms with Crippen molar-refractivity contribution in [3.63, 3.8) is 0 Å². The molecular formula is C28H31ClF3N7O3S2. The second-order valence-electron chi connectivity index (χ2n) is 11.2. The summed E-state index contributed by atoms with van der Waals surface area (Å²) in [7, 11) is -3.99. The average Bonchev–Trinajstić information content (AvgIpc) is 3.72. The quantitative estimate of drug-likeness (QED) is 0.350. The summed E-state index contributed by atoms with van der Waals surface area (Å²) in [4.78, 5) is 11.3. The average molecular weight is 670 g/mol. The lowest BCUT2D eigenvalue weighted by atomic mass is 9.92. The zero-order valence-electron chi connectivity index (χ0n) is 23.8. The van der Waals surface area contributed by atoms with Crippen molar-refractivity contribution in [1.29, 1.82) is 0 Å². The summed E-state index contributed by atoms with van der Waals surface area (Å²) in [6.07, 6.45) is 3.63. The molecule has 44 heavy (non-hydrogen) atoms. The van der Waals surface area contributed by atoms with Crippen LogP contribution in [-0.2, 0) is 10.2 Å². The monoisotopic (exact) mass is 669 g/mol. The summed E-state index contributed by atoms with van der Waals surface area (Å²) in [5.41, 5.74) is 1.73. The Morgan fingerprint density at radius 2 is 2.05 bits per heavy atom. The van der Waals surface area contributed by atoms with Crippen molar-refractivity contribution < 1.29 is 26.7 Å². The summed E-state index contributed by atoms with van der Waals surface area (Å²) in [5.74, 6) is -0.0864. The molecule has 16 heteroatoms. The van der Waals surface area contributed by atoms with Crippen LogP contribution in [0.25, 0.3) is 5.57 Å². The lowest BCUT2D eigenvalue weighted by molar-refractivity contribution is 0.0506. The SMILES string of the molecule is CCC1C[C@@H](O)C[C@H](C)N1S(=O)(=O)N[C@H]1CC2=C(c3ccn(C(F)F)n3)[C@H](c3ccc(F)cc3Cl)N=C(c3nccs3)N2C1. The zero-order valence-corrected chi connectivity index (χ0v) is 26.2. The highest BCUT2D eigenvalue weighted by Gasteiger charge is 2.45. The Bertz CT molecular complexity index is 1700. The molecule has 6 rings (SSSR count). The minimum absolute atomic E-state index is 0.0965. The van der Waals surface area contributed by atoms with E-state index in [0.717, 1.165) is 12.3 Å². The first-order valence-electron chi connectivity index (χ1n) is 14.2. The van der Waals surface area contributed by atoms with Gasteiger partial charge in [-0.05, 0) is 44.4 Å². The highest BCUT2D eigenvalue weighted by molar-refractivity contribution is 7.87. The topological polar surface area (TPSA) is 116 Å². The van der Waals surface area contributed by atoms with Crippen molar-refractivity contribution in [2.45, 2.75) is 76.4 Å². The molecule has 0 amide bonds. The van der Waals surface area contributed by atoms with Crippen molar-refractivity contribution in [3.05, 3.63) is 74.8 Å². The number of piperidine rings is 1. The highest BCUT2D eigenvalue weighted by atomic mass is 35.5. The van der Waals surface area contributed by atoms with Gasteiger partial charge < -0.3 is 10.0 Å². The van der Waals surface area contributed by atoms with Crippen molar-refractivity contribution in [2.75, 3.05) is 6.54 Å². The largest absolute Gasteiger partial charge is 0.393 e. The van der Waals surface area contributed by atoms with Gasteiger partial charge >= 0.3 is 6.55 Å². The number of benzene rings is 1. The molecule has 0 saturated carbocycles. The van der Waals surface area contributed by atoms with Crippen LogP contribution in [0.3, 0.4) is 0 Å². The number of nitrogens with zero attached hydrogens (tertiary/aromatic N) is 6. The van der Waals surface area contributed by atoms with Gasteiger partial charge in [0, 0.05) is 70.7 Å². The van der Waals surface area contributed by atoms with Gasteiger partial charge in [0.25, 0.3) is 10.2 Å². The van der Waals surface area contributed by atoms with E-state index in [1.54, 1.807) is 18.5 Å². The minimum atomic E-state index is -3.99. The predicted molar refractivity (Wildman–Crippen MR) is 161 cm³/mol. The molecule has 0 spiro atoms. The highest BCUT2D eigenvalue weighted by Crippen LogP contribution is 2.46. The number of aromatic nitrogens is 3. The second kappa shape index (κ2) is 12.2. The molecule has 0 bridgehead atoms. The third kappa shape index (κ3) is 5.81. The molecule has 0 aliphatic carbocycles. The predicted octanol–water partition coefficient (Wildman–Crippen LogP) is 4.97. The van der Waals surface area contributed by atoms with Gasteiger partial charge in [0.1, 0.15) is 11.9 Å². The molecule has 2 saturated heterocycles. The Morgan fingerprint density at radius 3 is 2.70 bits per heavy atom. The molecule has 3 aliphatic heterocycles. The summed E-state index contributed by atoms with van der Waals surface area (Å²) < 4.78 is 73.8. The molecular weight excluding hydrogens is 639 g/mol. The number of halogens is 4. The number of aliphatic imine (C=N–C) groups is 1. The number of nitrogens with one attached hydrogen (secondary N) is 1. The minimum Gasteiger partial charge on any atom is -0.393 e. The Balaban J connectivity index is 1.45. The van der Waals surface area contributed by atoms with Crippen molar-refractivity contribution in [1.82, 2.24) is 28.7 Å². The normalized spacial score (nSPS) is 26.4. The Kier molecular flexibility index (Phi) is 8.63. The number of thiazole rings is 1. The van der Waals surface area contributed by atoms with E-state index >= 15 is 0 Å². The van der Waals surface area contributed by atoms with Gasteiger partial charge in [-0.2, -0.15) is 31.3 Å². The first-order chi connectivity index (χ1) is 21.0. The fraction of sp³-hybridized carbons (Fsp3) is 0.464. The Labute approximate surface area is 262 Å². The van der Waals surface area contributed by atoms with E-state index < -0.39 is 46.8 Å². The van der Waals surface area contributed by atoms with Crippen molar-refractivity contribution in [2.24, 2.45) is 4.99 Å². The van der Waals surface area contributed by atoms with E-state index in [4.69, 9.17) is 16.6 Å². The number of hydrogen-bond acceptors (Lipinski definition) is 8. The molecule has 5 heterocycles. The zero-order chi connectivity index (χ0) is 31.3. The fourth-order valence-electron chi connectivity index (χ4n) is 6.46. The van der Waals surface area contributed by atoms with Gasteiger partial charge in [-0.1, -0.05) is 24.6 Å². The molecule has 2 aromatic heterocycles. The lowest BCUT2D eigenvalue weighted by Crippen LogP contribution is -2.57. The van der Waals surface area contributed by atoms with Crippen LogP contribution in [0.5, 0.6) is 0 Å². The molecule has 1 aromatic carbocycles. The van der Waals surface area contributed by atoms with Gasteiger partial charge in [0.15, 0.2) is 10.8 Å². The van der Waals surface area contributed by atoms with Gasteiger partial charge in [-0.3, -0.25) is 4.99 Å². The molecule has 3 aliphatic rings. The molecule has 2 N–H and O–H groups in total. The van der Waals surface area contributed by atoms with Crippen LogP contribution in [0.15, 0.2) is 52.7 Å². The number of fused-ring (bicyclic) bond motifs is 1. The number of aliphatic hydroxyl groups excluding tert-OH is 1. The van der Waals surface area contributed by atoms with Crippen LogP contribution in [0.1, 0.15) is 68.4 Å². The van der Waals surface area contributed by atoms with Crippen LogP contribution in [0.2, 0.25) is 5.02 Å². The first-order valence-corrected chi connectivity index (χ1v) is 16.9. The van der Waals surface area contributed by atoms with E-state index in [2.05, 4.69) is 14.8 Å². The Hall–Kier alpha value is -2.82. The number of alkyl halides is 2. The standard InChI is InChI=1S/C28H31ClF3N7O3S2/c1-3-18-13-19(40)10-15(2)39(18)44(41,42)36-17-12-23-24(22-6-8-38(35-22)28(31)32)25(20-5-4-16(30)11-21(20)29)34-26(37(23)14-17)27-33-7-9-43-27/h4-9,11,15,17-19,25,28,36,40H,3,10,12-14H2,1-2H3/t15-,17-,18?,19-,25-/m0/s1. The van der Waals surface area contributed by atoms with Crippen LogP contribution >= 0.6 is 22.9 Å². The summed E-state index contributed by atoms with van der Waals surface area (Å²) in [6, 6.07) is 3.11. The van der Waals surface area contributed by atoms with E-state index in [0.29, 0.717) is 51.6 Å². The number of aliphatic hydroxyl groups is 1. The van der Waals surface area contributed by atoms with Gasteiger partial charge in [-0.25, -0.2) is 14.1 Å². The molecule has 2 fully saturated rings. The van der Waals surface area contributed by atoms with E-state index in [9.17, 15) is 26.7 Å². The Morgan fingerprint density at radius 1 is 1.25 bits per heavy atom. The van der Waals surface area contributed by atoms with Crippen LogP contribution in [0, 0.1) is 5.82 Å². The number of rotatable bonds is 8. The molecule has 236 valence electrons. The fourth-order valence-corrected chi connectivity index (χ4v) is 9.26. The maximum absolute atomic E-state index is 14.1. The van der Waals surface area contributed by atoms with Crippen molar-refractivity contribution >= 4 is 44.6 Å². The third-order valence-corrected chi connectivity index (χ3v) is 11.2. The van der Waals surface area contributed by atoms with Crippen LogP contribution in [0.4, 0.5) is 13.2 Å². The molecule has 1 unspecified atom stereocenters. The number of amidine groups is 1. The first kappa shape index (κ1) is 31.2. The second-order valence-corrected chi connectivity index (χ2v) is 14.1.